The quantitative estimate of drug-likeness (QED) is 0.680. The van der Waals surface area contributed by atoms with E-state index in [1.165, 1.54) is 5.56 Å². The van der Waals surface area contributed by atoms with Gasteiger partial charge in [-0.05, 0) is 12.6 Å². The van der Waals surface area contributed by atoms with Gasteiger partial charge in [0, 0.05) is 56.6 Å². The van der Waals surface area contributed by atoms with Crippen molar-refractivity contribution in [2.75, 3.05) is 47.4 Å². The first kappa shape index (κ1) is 18.7. The summed E-state index contributed by atoms with van der Waals surface area (Å²) in [5.41, 5.74) is 3.13. The lowest BCUT2D eigenvalue weighted by molar-refractivity contribution is 0.148. The molecule has 4 rings (SSSR count). The molecule has 0 aliphatic carbocycles. The van der Waals surface area contributed by atoms with Gasteiger partial charge in [0.2, 0.25) is 0 Å². The Morgan fingerprint density at radius 2 is 1.71 bits per heavy atom. The highest BCUT2D eigenvalue weighted by Gasteiger charge is 2.14. The molecule has 1 aliphatic rings. The Hall–Kier alpha value is -2.70. The summed E-state index contributed by atoms with van der Waals surface area (Å²) < 4.78 is 10.8. The first-order valence-corrected chi connectivity index (χ1v) is 9.55. The van der Waals surface area contributed by atoms with E-state index in [1.807, 2.05) is 18.3 Å². The summed E-state index contributed by atoms with van der Waals surface area (Å²) in [6.45, 7) is 5.50. The summed E-state index contributed by atoms with van der Waals surface area (Å²) in [7, 11) is 5.46. The second-order valence-corrected chi connectivity index (χ2v) is 7.23. The molecule has 6 nitrogen and oxygen atoms in total. The molecule has 1 saturated heterocycles. The third-order valence-electron chi connectivity index (χ3n) is 5.31. The van der Waals surface area contributed by atoms with Gasteiger partial charge in [-0.2, -0.15) is 0 Å². The van der Waals surface area contributed by atoms with Crippen LogP contribution in [-0.4, -0.2) is 67.2 Å². The minimum atomic E-state index is 0.703. The van der Waals surface area contributed by atoms with Gasteiger partial charge in [-0.1, -0.05) is 24.3 Å². The van der Waals surface area contributed by atoms with Crippen LogP contribution in [0.4, 0.5) is 0 Å². The van der Waals surface area contributed by atoms with Gasteiger partial charge in [0.25, 0.3) is 0 Å². The molecule has 0 unspecified atom stereocenters. The molecule has 0 N–H and O–H groups in total. The molecular formula is C22H26N4O2. The highest BCUT2D eigenvalue weighted by atomic mass is 16.5. The Bertz CT molecular complexity index is 951. The fourth-order valence-electron chi connectivity index (χ4n) is 3.53. The van der Waals surface area contributed by atoms with E-state index in [2.05, 4.69) is 46.1 Å². The number of hydrogen-bond donors (Lipinski definition) is 0. The summed E-state index contributed by atoms with van der Waals surface area (Å²) in [6.07, 6.45) is 1.81. The van der Waals surface area contributed by atoms with Gasteiger partial charge in [-0.25, -0.2) is 9.97 Å². The Balaban J connectivity index is 1.56. The molecule has 1 aromatic heterocycles. The van der Waals surface area contributed by atoms with Gasteiger partial charge in [0.05, 0.1) is 25.1 Å². The fraction of sp³-hybridized carbons (Fsp3) is 0.364. The maximum Gasteiger partial charge on any atom is 0.159 e. The molecule has 1 aliphatic heterocycles. The highest BCUT2D eigenvalue weighted by Crippen LogP contribution is 2.30. The highest BCUT2D eigenvalue weighted by molar-refractivity contribution is 5.87. The Morgan fingerprint density at radius 1 is 0.964 bits per heavy atom. The van der Waals surface area contributed by atoms with Crippen LogP contribution in [0.15, 0.2) is 42.6 Å². The lowest BCUT2D eigenvalue weighted by Gasteiger charge is -2.32. The SMILES string of the molecule is COc1cc(OC)c2cnc(-c3ccc(CN4CCN(C)CC4)cc3)nc2c1. The number of rotatable bonds is 5. The van der Waals surface area contributed by atoms with E-state index in [0.717, 1.165) is 54.9 Å². The van der Waals surface area contributed by atoms with Crippen LogP contribution < -0.4 is 9.47 Å². The van der Waals surface area contributed by atoms with Crippen molar-refractivity contribution >= 4 is 10.9 Å². The molecular weight excluding hydrogens is 352 g/mol. The monoisotopic (exact) mass is 378 g/mol. The summed E-state index contributed by atoms with van der Waals surface area (Å²) in [5, 5.41) is 0.874. The molecule has 3 aromatic rings. The van der Waals surface area contributed by atoms with Gasteiger partial charge in [0.15, 0.2) is 5.82 Å². The van der Waals surface area contributed by atoms with Crippen molar-refractivity contribution < 1.29 is 9.47 Å². The number of likely N-dealkylation sites (N-methyl/N-ethyl adjacent to an activating group) is 1. The molecule has 6 heteroatoms. The van der Waals surface area contributed by atoms with Crippen molar-refractivity contribution in [3.05, 3.63) is 48.2 Å². The van der Waals surface area contributed by atoms with Gasteiger partial charge in [0.1, 0.15) is 11.5 Å². The number of ether oxygens (including phenoxy) is 2. The second kappa shape index (κ2) is 8.12. The maximum absolute atomic E-state index is 5.44. The zero-order chi connectivity index (χ0) is 19.5. The zero-order valence-electron chi connectivity index (χ0n) is 16.7. The molecule has 0 atom stereocenters. The average molecular weight is 378 g/mol. The van der Waals surface area contributed by atoms with E-state index in [-0.39, 0.29) is 0 Å². The normalized spacial score (nSPS) is 15.7. The van der Waals surface area contributed by atoms with Gasteiger partial charge in [-0.3, -0.25) is 4.90 Å². The first-order chi connectivity index (χ1) is 13.7. The van der Waals surface area contributed by atoms with Crippen molar-refractivity contribution in [1.29, 1.82) is 0 Å². The number of hydrogen-bond acceptors (Lipinski definition) is 6. The van der Waals surface area contributed by atoms with E-state index in [1.54, 1.807) is 14.2 Å². The summed E-state index contributed by atoms with van der Waals surface area (Å²) in [5.74, 6) is 2.13. The van der Waals surface area contributed by atoms with Crippen molar-refractivity contribution in [2.24, 2.45) is 0 Å². The molecule has 0 saturated carbocycles. The first-order valence-electron chi connectivity index (χ1n) is 9.55. The van der Waals surface area contributed by atoms with Crippen molar-refractivity contribution in [1.82, 2.24) is 19.8 Å². The average Bonchev–Trinajstić information content (AvgIpc) is 2.74. The molecule has 0 bridgehead atoms. The topological polar surface area (TPSA) is 50.7 Å². The van der Waals surface area contributed by atoms with Crippen molar-refractivity contribution in [3.8, 4) is 22.9 Å². The van der Waals surface area contributed by atoms with Crippen LogP contribution in [0.1, 0.15) is 5.56 Å². The smallest absolute Gasteiger partial charge is 0.159 e. The van der Waals surface area contributed by atoms with Crippen molar-refractivity contribution in [2.45, 2.75) is 6.54 Å². The van der Waals surface area contributed by atoms with Crippen LogP contribution in [0.5, 0.6) is 11.5 Å². The van der Waals surface area contributed by atoms with Crippen LogP contribution in [0.2, 0.25) is 0 Å². The maximum atomic E-state index is 5.44. The molecule has 28 heavy (non-hydrogen) atoms. The Kier molecular flexibility index (Phi) is 5.41. The van der Waals surface area contributed by atoms with Crippen LogP contribution in [0.3, 0.4) is 0 Å². The van der Waals surface area contributed by atoms with E-state index >= 15 is 0 Å². The van der Waals surface area contributed by atoms with Crippen LogP contribution in [0, 0.1) is 0 Å². The largest absolute Gasteiger partial charge is 0.497 e. The predicted octanol–water partition coefficient (Wildman–Crippen LogP) is 3.06. The van der Waals surface area contributed by atoms with Gasteiger partial charge in [-0.15, -0.1) is 0 Å². The number of methoxy groups -OCH3 is 2. The lowest BCUT2D eigenvalue weighted by Crippen LogP contribution is -2.43. The van der Waals surface area contributed by atoms with Gasteiger partial charge >= 0.3 is 0 Å². The summed E-state index contributed by atoms with van der Waals surface area (Å²) in [6, 6.07) is 12.3. The number of fused-ring (bicyclic) bond motifs is 1. The van der Waals surface area contributed by atoms with Gasteiger partial charge < -0.3 is 14.4 Å². The molecule has 1 fully saturated rings. The number of benzene rings is 2. The number of piperazine rings is 1. The zero-order valence-corrected chi connectivity index (χ0v) is 16.7. The van der Waals surface area contributed by atoms with E-state index in [4.69, 9.17) is 14.5 Å². The number of nitrogens with zero attached hydrogens (tertiary/aromatic N) is 4. The predicted molar refractivity (Wildman–Crippen MR) is 111 cm³/mol. The third kappa shape index (κ3) is 3.93. The molecule has 2 heterocycles. The fourth-order valence-corrected chi connectivity index (χ4v) is 3.53. The van der Waals surface area contributed by atoms with E-state index in [0.29, 0.717) is 11.6 Å². The summed E-state index contributed by atoms with van der Waals surface area (Å²) >= 11 is 0. The Labute approximate surface area is 165 Å². The summed E-state index contributed by atoms with van der Waals surface area (Å²) in [4.78, 5) is 14.2. The third-order valence-corrected chi connectivity index (χ3v) is 5.31. The minimum Gasteiger partial charge on any atom is -0.497 e. The van der Waals surface area contributed by atoms with E-state index < -0.39 is 0 Å². The van der Waals surface area contributed by atoms with Crippen molar-refractivity contribution in [3.63, 3.8) is 0 Å². The molecule has 0 amide bonds. The Morgan fingerprint density at radius 3 is 2.39 bits per heavy atom. The molecule has 2 aromatic carbocycles. The van der Waals surface area contributed by atoms with E-state index in [9.17, 15) is 0 Å². The standard InChI is InChI=1S/C22H26N4O2/c1-25-8-10-26(11-9-25)15-16-4-6-17(7-5-16)22-23-14-19-20(24-22)12-18(27-2)13-21(19)28-3/h4-7,12-14H,8-11,15H2,1-3H3. The van der Waals surface area contributed by atoms with Crippen LogP contribution in [-0.2, 0) is 6.54 Å². The van der Waals surface area contributed by atoms with Crippen LogP contribution >= 0.6 is 0 Å². The molecule has 0 spiro atoms. The second-order valence-electron chi connectivity index (χ2n) is 7.23. The lowest BCUT2D eigenvalue weighted by atomic mass is 10.1. The minimum absolute atomic E-state index is 0.703. The molecule has 146 valence electrons. The van der Waals surface area contributed by atoms with Crippen LogP contribution in [0.25, 0.3) is 22.3 Å². The molecule has 0 radical (unpaired) electrons. The number of aromatic nitrogens is 2.